The van der Waals surface area contributed by atoms with E-state index in [2.05, 4.69) is 10.3 Å². The molecule has 0 atom stereocenters. The minimum Gasteiger partial charge on any atom is -0.508 e. The van der Waals surface area contributed by atoms with Gasteiger partial charge in [0.05, 0.1) is 5.52 Å². The Labute approximate surface area is 91.9 Å². The number of aromatic hydroxyl groups is 1. The van der Waals surface area contributed by atoms with Crippen LogP contribution in [0.15, 0.2) is 23.0 Å². The quantitative estimate of drug-likeness (QED) is 0.612. The van der Waals surface area contributed by atoms with Crippen molar-refractivity contribution in [3.8, 4) is 5.75 Å². The molecular weight excluding hydrogens is 204 g/mol. The zero-order chi connectivity index (χ0) is 11.1. The van der Waals surface area contributed by atoms with Crippen LogP contribution < -0.4 is 10.7 Å². The first-order chi connectivity index (χ1) is 7.75. The number of H-pyrrole nitrogens is 1. The van der Waals surface area contributed by atoms with E-state index in [-0.39, 0.29) is 11.2 Å². The maximum absolute atomic E-state index is 12.1. The standard InChI is InChI=1S/C12H12N2O2/c15-7-1-2-8-11(5-7)14-10-3-4-13-6-9(10)12(8)16/h1-2,5,13,15H,3-4,6H2,(H,14,16). The Morgan fingerprint density at radius 2 is 2.19 bits per heavy atom. The van der Waals surface area contributed by atoms with Gasteiger partial charge in [0.2, 0.25) is 0 Å². The lowest BCUT2D eigenvalue weighted by Gasteiger charge is -2.17. The van der Waals surface area contributed by atoms with Crippen LogP contribution in [0.4, 0.5) is 0 Å². The first-order valence-electron chi connectivity index (χ1n) is 5.33. The van der Waals surface area contributed by atoms with Gasteiger partial charge in [0.25, 0.3) is 0 Å². The summed E-state index contributed by atoms with van der Waals surface area (Å²) in [6, 6.07) is 4.80. The second-order valence-electron chi connectivity index (χ2n) is 4.07. The van der Waals surface area contributed by atoms with Crippen molar-refractivity contribution in [3.63, 3.8) is 0 Å². The predicted molar refractivity (Wildman–Crippen MR) is 61.6 cm³/mol. The highest BCUT2D eigenvalue weighted by Gasteiger charge is 2.14. The Bertz CT molecular complexity index is 616. The number of fused-ring (bicyclic) bond motifs is 2. The van der Waals surface area contributed by atoms with Crippen LogP contribution in [0.25, 0.3) is 10.9 Å². The largest absolute Gasteiger partial charge is 0.508 e. The molecule has 0 amide bonds. The van der Waals surface area contributed by atoms with Crippen molar-refractivity contribution in [1.82, 2.24) is 10.3 Å². The molecule has 82 valence electrons. The molecule has 3 N–H and O–H groups in total. The molecule has 4 nitrogen and oxygen atoms in total. The molecule has 1 aromatic carbocycles. The molecule has 4 heteroatoms. The Morgan fingerprint density at radius 3 is 3.06 bits per heavy atom. The number of rotatable bonds is 0. The summed E-state index contributed by atoms with van der Waals surface area (Å²) in [5.41, 5.74) is 2.59. The van der Waals surface area contributed by atoms with E-state index in [1.54, 1.807) is 18.2 Å². The summed E-state index contributed by atoms with van der Waals surface area (Å²) in [5.74, 6) is 0.178. The van der Waals surface area contributed by atoms with Crippen molar-refractivity contribution in [2.24, 2.45) is 0 Å². The van der Waals surface area contributed by atoms with Crippen molar-refractivity contribution in [2.45, 2.75) is 13.0 Å². The number of pyridine rings is 1. The maximum Gasteiger partial charge on any atom is 0.194 e. The summed E-state index contributed by atoms with van der Waals surface area (Å²) >= 11 is 0. The fourth-order valence-electron chi connectivity index (χ4n) is 2.20. The Hall–Kier alpha value is -1.81. The third-order valence-electron chi connectivity index (χ3n) is 3.03. The van der Waals surface area contributed by atoms with Gasteiger partial charge in [-0.1, -0.05) is 0 Å². The van der Waals surface area contributed by atoms with Crippen molar-refractivity contribution < 1.29 is 5.11 Å². The molecule has 1 aliphatic rings. The third-order valence-corrected chi connectivity index (χ3v) is 3.03. The van der Waals surface area contributed by atoms with Crippen LogP contribution in [-0.4, -0.2) is 16.6 Å². The number of nitrogens with one attached hydrogen (secondary N) is 2. The molecule has 0 unspecified atom stereocenters. The average molecular weight is 216 g/mol. The molecule has 3 rings (SSSR count). The van der Waals surface area contributed by atoms with Crippen LogP contribution in [0.1, 0.15) is 11.3 Å². The molecule has 1 aromatic heterocycles. The van der Waals surface area contributed by atoms with Crippen LogP contribution in [0.5, 0.6) is 5.75 Å². The van der Waals surface area contributed by atoms with E-state index >= 15 is 0 Å². The summed E-state index contributed by atoms with van der Waals surface area (Å²) in [6.45, 7) is 1.51. The Balaban J connectivity index is 2.39. The number of phenols is 1. The summed E-state index contributed by atoms with van der Waals surface area (Å²) in [5, 5.41) is 13.2. The van der Waals surface area contributed by atoms with Gasteiger partial charge in [-0.3, -0.25) is 4.79 Å². The van der Waals surface area contributed by atoms with E-state index in [0.29, 0.717) is 17.4 Å². The van der Waals surface area contributed by atoms with E-state index in [4.69, 9.17) is 0 Å². The Morgan fingerprint density at radius 1 is 1.31 bits per heavy atom. The minimum absolute atomic E-state index is 0.0657. The number of phenolic OH excluding ortho intramolecular Hbond substituents is 1. The second-order valence-corrected chi connectivity index (χ2v) is 4.07. The lowest BCUT2D eigenvalue weighted by Crippen LogP contribution is -2.30. The normalized spacial score (nSPS) is 15.0. The van der Waals surface area contributed by atoms with Crippen LogP contribution >= 0.6 is 0 Å². The van der Waals surface area contributed by atoms with Crippen LogP contribution in [-0.2, 0) is 13.0 Å². The predicted octanol–water partition coefficient (Wildman–Crippen LogP) is 0.879. The minimum atomic E-state index is 0.0657. The number of aromatic amines is 1. The highest BCUT2D eigenvalue weighted by Crippen LogP contribution is 2.18. The van der Waals surface area contributed by atoms with Crippen LogP contribution in [0.2, 0.25) is 0 Å². The molecule has 0 spiro atoms. The Kier molecular flexibility index (Phi) is 1.97. The van der Waals surface area contributed by atoms with E-state index < -0.39 is 0 Å². The lowest BCUT2D eigenvalue weighted by molar-refractivity contribution is 0.476. The molecule has 2 heterocycles. The van der Waals surface area contributed by atoms with E-state index in [0.717, 1.165) is 24.2 Å². The van der Waals surface area contributed by atoms with Crippen LogP contribution in [0, 0.1) is 0 Å². The van der Waals surface area contributed by atoms with Gasteiger partial charge in [-0.15, -0.1) is 0 Å². The molecule has 0 aliphatic carbocycles. The van der Waals surface area contributed by atoms with Crippen molar-refractivity contribution in [1.29, 1.82) is 0 Å². The van der Waals surface area contributed by atoms with Gasteiger partial charge in [-0.05, 0) is 12.1 Å². The number of hydrogen-bond donors (Lipinski definition) is 3. The van der Waals surface area contributed by atoms with E-state index in [9.17, 15) is 9.90 Å². The molecule has 0 saturated carbocycles. The molecule has 0 bridgehead atoms. The van der Waals surface area contributed by atoms with Gasteiger partial charge < -0.3 is 15.4 Å². The van der Waals surface area contributed by atoms with Crippen LogP contribution in [0.3, 0.4) is 0 Å². The fourth-order valence-corrected chi connectivity index (χ4v) is 2.20. The van der Waals surface area contributed by atoms with Gasteiger partial charge in [-0.25, -0.2) is 0 Å². The molecule has 0 fully saturated rings. The summed E-state index contributed by atoms with van der Waals surface area (Å²) in [7, 11) is 0. The van der Waals surface area contributed by atoms with Crippen molar-refractivity contribution in [3.05, 3.63) is 39.7 Å². The highest BCUT2D eigenvalue weighted by molar-refractivity contribution is 5.80. The van der Waals surface area contributed by atoms with Gasteiger partial charge in [0.1, 0.15) is 5.75 Å². The molecular formula is C12H12N2O2. The van der Waals surface area contributed by atoms with Crippen molar-refractivity contribution >= 4 is 10.9 Å². The monoisotopic (exact) mass is 216 g/mol. The molecule has 1 aliphatic heterocycles. The number of benzene rings is 1. The zero-order valence-corrected chi connectivity index (χ0v) is 8.71. The summed E-state index contributed by atoms with van der Waals surface area (Å²) < 4.78 is 0. The van der Waals surface area contributed by atoms with E-state index in [1.807, 2.05) is 0 Å². The van der Waals surface area contributed by atoms with Crippen molar-refractivity contribution in [2.75, 3.05) is 6.54 Å². The zero-order valence-electron chi connectivity index (χ0n) is 8.71. The number of aromatic nitrogens is 1. The van der Waals surface area contributed by atoms with Gasteiger partial charge in [-0.2, -0.15) is 0 Å². The van der Waals surface area contributed by atoms with Gasteiger partial charge >= 0.3 is 0 Å². The average Bonchev–Trinajstić information content (AvgIpc) is 2.29. The van der Waals surface area contributed by atoms with Gasteiger partial charge in [0.15, 0.2) is 5.43 Å². The highest BCUT2D eigenvalue weighted by atomic mass is 16.3. The fraction of sp³-hybridized carbons (Fsp3) is 0.250. The summed E-state index contributed by atoms with van der Waals surface area (Å²) in [4.78, 5) is 15.4. The molecule has 0 radical (unpaired) electrons. The maximum atomic E-state index is 12.1. The second kappa shape index (κ2) is 3.35. The first kappa shape index (κ1) is 9.42. The smallest absolute Gasteiger partial charge is 0.194 e. The lowest BCUT2D eigenvalue weighted by atomic mass is 10.0. The summed E-state index contributed by atoms with van der Waals surface area (Å²) in [6.07, 6.45) is 0.830. The molecule has 16 heavy (non-hydrogen) atoms. The SMILES string of the molecule is O=c1c2c([nH]c3cc(O)ccc13)CCNC2. The first-order valence-corrected chi connectivity index (χ1v) is 5.33. The van der Waals surface area contributed by atoms with E-state index in [1.165, 1.54) is 0 Å². The topological polar surface area (TPSA) is 65.1 Å². The molecule has 0 saturated heterocycles. The van der Waals surface area contributed by atoms with Gasteiger partial charge in [0, 0.05) is 42.2 Å². The number of hydrogen-bond acceptors (Lipinski definition) is 3. The third kappa shape index (κ3) is 1.31. The molecule has 2 aromatic rings.